The summed E-state index contributed by atoms with van der Waals surface area (Å²) in [6.45, 7) is 0.145. The molecule has 1 aromatic heterocycles. The van der Waals surface area contributed by atoms with Gasteiger partial charge in [0.25, 0.3) is 11.8 Å². The molecule has 14 heteroatoms. The van der Waals surface area contributed by atoms with Crippen molar-refractivity contribution in [1.82, 2.24) is 10.3 Å². The molecule has 3 heterocycles. The minimum absolute atomic E-state index is 0.0727. The second-order valence-electron chi connectivity index (χ2n) is 9.64. The first kappa shape index (κ1) is 29.5. The molecule has 42 heavy (non-hydrogen) atoms. The van der Waals surface area contributed by atoms with Crippen LogP contribution >= 0.6 is 11.6 Å². The molecule has 2 aliphatic heterocycles. The Kier molecular flexibility index (Phi) is 8.24. The summed E-state index contributed by atoms with van der Waals surface area (Å²) in [5.74, 6) is -6.30. The molecule has 0 saturated carbocycles. The standard InChI is InChI=1S/C28H24ClF5N4O4/c1-41-17-12-19(30)22(20(31)13-17)18-14-38(27(40)24(18)36-26(39)15-2-4-16(29)5-3-15)25-23(28(32,33)34)21(6-7-35-25)37-8-10-42-11-9-37/h2-7,12-13,18,24H,8-11,14H2,1H3,(H,36,39)/t18-,24-/m0/s1. The maximum absolute atomic E-state index is 15.3. The van der Waals surface area contributed by atoms with Crippen LogP contribution in [0.5, 0.6) is 5.75 Å². The van der Waals surface area contributed by atoms with Crippen molar-refractivity contribution < 1.29 is 41.0 Å². The first-order chi connectivity index (χ1) is 20.0. The lowest BCUT2D eigenvalue weighted by atomic mass is 9.92. The number of rotatable bonds is 6. The second-order valence-corrected chi connectivity index (χ2v) is 10.1. The zero-order chi connectivity index (χ0) is 30.2. The van der Waals surface area contributed by atoms with E-state index >= 15 is 8.78 Å². The van der Waals surface area contributed by atoms with Gasteiger partial charge in [0.2, 0.25) is 0 Å². The Morgan fingerprint density at radius 1 is 1.10 bits per heavy atom. The van der Waals surface area contributed by atoms with Gasteiger partial charge in [-0.15, -0.1) is 0 Å². The lowest BCUT2D eigenvalue weighted by Crippen LogP contribution is -2.44. The van der Waals surface area contributed by atoms with E-state index in [-0.39, 0.29) is 43.3 Å². The fourth-order valence-electron chi connectivity index (χ4n) is 5.19. The summed E-state index contributed by atoms with van der Waals surface area (Å²) in [6, 6.07) is 6.93. The van der Waals surface area contributed by atoms with Crippen molar-refractivity contribution in [3.63, 3.8) is 0 Å². The maximum atomic E-state index is 15.3. The summed E-state index contributed by atoms with van der Waals surface area (Å²) >= 11 is 5.88. The Balaban J connectivity index is 1.60. The van der Waals surface area contributed by atoms with E-state index in [0.29, 0.717) is 9.92 Å². The number of morpholine rings is 1. The number of benzene rings is 2. The highest BCUT2D eigenvalue weighted by Gasteiger charge is 2.49. The number of amides is 2. The molecule has 5 rings (SSSR count). The van der Waals surface area contributed by atoms with Crippen molar-refractivity contribution >= 4 is 34.9 Å². The molecule has 2 saturated heterocycles. The van der Waals surface area contributed by atoms with Crippen molar-refractivity contribution in [3.05, 3.63) is 82.0 Å². The average molecular weight is 611 g/mol. The second kappa shape index (κ2) is 11.7. The Labute approximate surface area is 242 Å². The Morgan fingerprint density at radius 2 is 1.74 bits per heavy atom. The number of carbonyl (C=O) groups is 2. The maximum Gasteiger partial charge on any atom is 0.421 e. The number of anilines is 2. The topological polar surface area (TPSA) is 84.0 Å². The Morgan fingerprint density at radius 3 is 2.33 bits per heavy atom. The number of pyridine rings is 1. The van der Waals surface area contributed by atoms with E-state index in [1.54, 1.807) is 0 Å². The van der Waals surface area contributed by atoms with Crippen molar-refractivity contribution in [3.8, 4) is 5.75 Å². The molecule has 0 bridgehead atoms. The fraction of sp³-hybridized carbons (Fsp3) is 0.321. The molecular weight excluding hydrogens is 587 g/mol. The molecule has 2 aliphatic rings. The van der Waals surface area contributed by atoms with E-state index in [9.17, 15) is 22.8 Å². The van der Waals surface area contributed by atoms with Gasteiger partial charge in [0.15, 0.2) is 0 Å². The van der Waals surface area contributed by atoms with E-state index in [4.69, 9.17) is 21.1 Å². The van der Waals surface area contributed by atoms with Crippen LogP contribution in [-0.4, -0.2) is 62.8 Å². The largest absolute Gasteiger partial charge is 0.497 e. The Hall–Kier alpha value is -3.97. The molecule has 2 aromatic carbocycles. The van der Waals surface area contributed by atoms with Crippen LogP contribution in [0.4, 0.5) is 33.5 Å². The third kappa shape index (κ3) is 5.71. The molecule has 0 spiro atoms. The van der Waals surface area contributed by atoms with Crippen LogP contribution in [0.25, 0.3) is 0 Å². The van der Waals surface area contributed by atoms with Gasteiger partial charge in [-0.2, -0.15) is 13.2 Å². The molecule has 2 fully saturated rings. The van der Waals surface area contributed by atoms with Crippen LogP contribution in [0.15, 0.2) is 48.7 Å². The highest BCUT2D eigenvalue weighted by molar-refractivity contribution is 6.30. The number of methoxy groups -OCH3 is 1. The number of nitrogens with one attached hydrogen (secondary N) is 1. The minimum Gasteiger partial charge on any atom is -0.497 e. The molecule has 2 atom stereocenters. The van der Waals surface area contributed by atoms with E-state index in [0.717, 1.165) is 18.3 Å². The molecule has 8 nitrogen and oxygen atoms in total. The van der Waals surface area contributed by atoms with Gasteiger partial charge >= 0.3 is 6.18 Å². The molecule has 2 amide bonds. The monoisotopic (exact) mass is 610 g/mol. The van der Waals surface area contributed by atoms with Gasteiger partial charge < -0.3 is 19.7 Å². The summed E-state index contributed by atoms with van der Waals surface area (Å²) in [7, 11) is 1.20. The third-order valence-electron chi connectivity index (χ3n) is 7.17. The number of hydrogen-bond donors (Lipinski definition) is 1. The van der Waals surface area contributed by atoms with Gasteiger partial charge in [0, 0.05) is 60.0 Å². The van der Waals surface area contributed by atoms with Gasteiger partial charge in [-0.3, -0.25) is 14.5 Å². The highest BCUT2D eigenvalue weighted by atomic mass is 35.5. The number of alkyl halides is 3. The van der Waals surface area contributed by atoms with Crippen LogP contribution in [0.3, 0.4) is 0 Å². The van der Waals surface area contributed by atoms with E-state index in [1.165, 1.54) is 42.3 Å². The quantitative estimate of drug-likeness (QED) is 0.404. The first-order valence-electron chi connectivity index (χ1n) is 12.8. The predicted molar refractivity (Wildman–Crippen MR) is 143 cm³/mol. The van der Waals surface area contributed by atoms with Crippen LogP contribution in [0.2, 0.25) is 5.02 Å². The number of nitrogens with zero attached hydrogens (tertiary/aromatic N) is 3. The zero-order valence-corrected chi connectivity index (χ0v) is 22.8. The van der Waals surface area contributed by atoms with Crippen molar-refractivity contribution in [2.45, 2.75) is 18.1 Å². The molecule has 0 unspecified atom stereocenters. The van der Waals surface area contributed by atoms with Crippen molar-refractivity contribution in [2.24, 2.45) is 0 Å². The smallest absolute Gasteiger partial charge is 0.421 e. The molecule has 3 aromatic rings. The average Bonchev–Trinajstić information content (AvgIpc) is 3.27. The normalized spacial score (nSPS) is 19.3. The van der Waals surface area contributed by atoms with Gasteiger partial charge in [0.1, 0.15) is 34.8 Å². The van der Waals surface area contributed by atoms with E-state index in [2.05, 4.69) is 10.3 Å². The summed E-state index contributed by atoms with van der Waals surface area (Å²) in [4.78, 5) is 33.0. The lowest BCUT2D eigenvalue weighted by Gasteiger charge is -2.32. The number of carbonyl (C=O) groups excluding carboxylic acids is 2. The van der Waals surface area contributed by atoms with Crippen LogP contribution in [0, 0.1) is 11.6 Å². The minimum atomic E-state index is -4.95. The van der Waals surface area contributed by atoms with E-state index in [1.807, 2.05) is 0 Å². The number of aromatic nitrogens is 1. The molecule has 1 N–H and O–H groups in total. The molecule has 0 aliphatic carbocycles. The van der Waals surface area contributed by atoms with Gasteiger partial charge in [-0.05, 0) is 30.3 Å². The number of halogens is 6. The SMILES string of the molecule is COc1cc(F)c([C@@H]2CN(c3nccc(N4CCOCC4)c3C(F)(F)F)C(=O)[C@H]2NC(=O)c2ccc(Cl)cc2)c(F)c1. The summed E-state index contributed by atoms with van der Waals surface area (Å²) in [6.07, 6.45) is -3.82. The van der Waals surface area contributed by atoms with Gasteiger partial charge in [0.05, 0.1) is 26.0 Å². The van der Waals surface area contributed by atoms with Crippen LogP contribution in [0.1, 0.15) is 27.4 Å². The molecule has 222 valence electrons. The van der Waals surface area contributed by atoms with Crippen LogP contribution < -0.4 is 19.9 Å². The Bertz CT molecular complexity index is 1480. The van der Waals surface area contributed by atoms with E-state index < -0.39 is 65.1 Å². The van der Waals surface area contributed by atoms with Crippen molar-refractivity contribution in [2.75, 3.05) is 49.8 Å². The van der Waals surface area contributed by atoms with Crippen LogP contribution in [-0.2, 0) is 15.7 Å². The highest BCUT2D eigenvalue weighted by Crippen LogP contribution is 2.45. The van der Waals surface area contributed by atoms with Gasteiger partial charge in [-0.25, -0.2) is 13.8 Å². The predicted octanol–water partition coefficient (Wildman–Crippen LogP) is 4.81. The lowest BCUT2D eigenvalue weighted by molar-refractivity contribution is -0.137. The fourth-order valence-corrected chi connectivity index (χ4v) is 5.31. The first-order valence-corrected chi connectivity index (χ1v) is 13.2. The van der Waals surface area contributed by atoms with Crippen molar-refractivity contribution in [1.29, 1.82) is 0 Å². The summed E-state index contributed by atoms with van der Waals surface area (Å²) in [5, 5.41) is 2.79. The summed E-state index contributed by atoms with van der Waals surface area (Å²) in [5.41, 5.74) is -1.91. The molecule has 0 radical (unpaired) electrons. The summed E-state index contributed by atoms with van der Waals surface area (Å²) < 4.78 is 84.5. The zero-order valence-electron chi connectivity index (χ0n) is 22.1. The van der Waals surface area contributed by atoms with Gasteiger partial charge in [-0.1, -0.05) is 11.6 Å². The third-order valence-corrected chi connectivity index (χ3v) is 7.42. The molecular formula is C28H24ClF5N4O4. The number of ether oxygens (including phenoxy) is 2. The number of hydrogen-bond acceptors (Lipinski definition) is 6.